The van der Waals surface area contributed by atoms with Crippen molar-refractivity contribution >= 4 is 29.3 Å². The van der Waals surface area contributed by atoms with Gasteiger partial charge in [-0.15, -0.1) is 0 Å². The standard InChI is InChI=1S/C22H23N3O7/c1-4-32-18-10-13(8-9-17(18)31-3)16(11-19(27)24-30)25-21(28)14-6-5-7-15(23-12(2)26)20(14)22(25)29/h5-10,16,30H,4,11H2,1-3H3,(H,23,26)(H,24,27). The SMILES string of the molecule is CCOc1cc(C(CC(=O)NO)N2C(=O)c3cccc(NC(C)=O)c3C2=O)ccc1OC. The van der Waals surface area contributed by atoms with E-state index < -0.39 is 36.1 Å². The molecular formula is C22H23N3O7. The Labute approximate surface area is 184 Å². The quantitative estimate of drug-likeness (QED) is 0.325. The molecule has 0 saturated heterocycles. The first-order valence-electron chi connectivity index (χ1n) is 9.84. The van der Waals surface area contributed by atoms with Crippen LogP contribution in [0.5, 0.6) is 11.5 Å². The number of carbonyl (C=O) groups excluding carboxylic acids is 4. The van der Waals surface area contributed by atoms with Gasteiger partial charge in [0, 0.05) is 6.92 Å². The molecule has 1 aliphatic rings. The van der Waals surface area contributed by atoms with Gasteiger partial charge in [0.1, 0.15) is 0 Å². The number of hydrogen-bond donors (Lipinski definition) is 3. The van der Waals surface area contributed by atoms with Crippen LogP contribution in [-0.2, 0) is 9.59 Å². The van der Waals surface area contributed by atoms with E-state index in [0.29, 0.717) is 23.7 Å². The Balaban J connectivity index is 2.10. The highest BCUT2D eigenvalue weighted by molar-refractivity contribution is 6.24. The van der Waals surface area contributed by atoms with Gasteiger partial charge in [0.15, 0.2) is 11.5 Å². The van der Waals surface area contributed by atoms with E-state index in [2.05, 4.69) is 5.32 Å². The van der Waals surface area contributed by atoms with Crippen molar-refractivity contribution in [1.82, 2.24) is 10.4 Å². The summed E-state index contributed by atoms with van der Waals surface area (Å²) in [6.07, 6.45) is -0.394. The number of amides is 4. The van der Waals surface area contributed by atoms with Gasteiger partial charge >= 0.3 is 0 Å². The predicted molar refractivity (Wildman–Crippen MR) is 113 cm³/mol. The number of nitrogens with zero attached hydrogens (tertiary/aromatic N) is 1. The molecule has 1 atom stereocenters. The Morgan fingerprint density at radius 1 is 1.12 bits per heavy atom. The maximum Gasteiger partial charge on any atom is 0.264 e. The fourth-order valence-corrected chi connectivity index (χ4v) is 3.63. The minimum absolute atomic E-state index is 0.0423. The molecule has 0 bridgehead atoms. The average molecular weight is 441 g/mol. The van der Waals surface area contributed by atoms with Crippen LogP contribution >= 0.6 is 0 Å². The summed E-state index contributed by atoms with van der Waals surface area (Å²) in [4.78, 5) is 51.1. The number of methoxy groups -OCH3 is 1. The van der Waals surface area contributed by atoms with Crippen molar-refractivity contribution in [2.75, 3.05) is 19.0 Å². The summed E-state index contributed by atoms with van der Waals surface area (Å²) in [5, 5.41) is 11.6. The first kappa shape index (κ1) is 22.8. The van der Waals surface area contributed by atoms with Gasteiger partial charge in [0.05, 0.1) is 43.0 Å². The Hall–Kier alpha value is -3.92. The lowest BCUT2D eigenvalue weighted by Gasteiger charge is -2.26. The van der Waals surface area contributed by atoms with Crippen LogP contribution in [-0.4, -0.2) is 47.5 Å². The normalized spacial score (nSPS) is 13.4. The first-order valence-corrected chi connectivity index (χ1v) is 9.84. The van der Waals surface area contributed by atoms with Crippen LogP contribution < -0.4 is 20.3 Å². The molecule has 0 saturated carbocycles. The minimum Gasteiger partial charge on any atom is -0.493 e. The minimum atomic E-state index is -1.05. The number of hydrogen-bond acceptors (Lipinski definition) is 7. The molecule has 10 nitrogen and oxygen atoms in total. The Morgan fingerprint density at radius 2 is 1.88 bits per heavy atom. The molecule has 0 aromatic heterocycles. The number of benzene rings is 2. The predicted octanol–water partition coefficient (Wildman–Crippen LogP) is 2.29. The van der Waals surface area contributed by atoms with Crippen molar-refractivity contribution in [2.24, 2.45) is 0 Å². The molecule has 0 fully saturated rings. The molecule has 1 unspecified atom stereocenters. The summed E-state index contributed by atoms with van der Waals surface area (Å²) in [6.45, 7) is 3.42. The van der Waals surface area contributed by atoms with E-state index in [1.54, 1.807) is 31.2 Å². The molecule has 32 heavy (non-hydrogen) atoms. The number of ether oxygens (including phenoxy) is 2. The van der Waals surface area contributed by atoms with E-state index in [9.17, 15) is 19.2 Å². The van der Waals surface area contributed by atoms with Gasteiger partial charge in [0.25, 0.3) is 11.8 Å². The number of imide groups is 1. The number of fused-ring (bicyclic) bond motifs is 1. The third kappa shape index (κ3) is 4.26. The zero-order valence-electron chi connectivity index (χ0n) is 17.8. The molecule has 0 radical (unpaired) electrons. The second-order valence-electron chi connectivity index (χ2n) is 6.99. The number of rotatable bonds is 8. The van der Waals surface area contributed by atoms with E-state index >= 15 is 0 Å². The smallest absolute Gasteiger partial charge is 0.264 e. The van der Waals surface area contributed by atoms with Crippen molar-refractivity contribution in [2.45, 2.75) is 26.3 Å². The molecule has 0 spiro atoms. The van der Waals surface area contributed by atoms with Crippen LogP contribution in [0, 0.1) is 0 Å². The summed E-state index contributed by atoms with van der Waals surface area (Å²) in [5.41, 5.74) is 2.31. The highest BCUT2D eigenvalue weighted by Gasteiger charge is 2.43. The third-order valence-corrected chi connectivity index (χ3v) is 4.94. The topological polar surface area (TPSA) is 134 Å². The lowest BCUT2D eigenvalue weighted by molar-refractivity contribution is -0.130. The Kier molecular flexibility index (Phi) is 6.74. The Bertz CT molecular complexity index is 1080. The Morgan fingerprint density at radius 3 is 2.50 bits per heavy atom. The summed E-state index contributed by atoms with van der Waals surface area (Å²) >= 11 is 0. The molecule has 168 valence electrons. The zero-order valence-corrected chi connectivity index (χ0v) is 17.8. The average Bonchev–Trinajstić information content (AvgIpc) is 3.02. The van der Waals surface area contributed by atoms with E-state index in [-0.39, 0.29) is 16.8 Å². The van der Waals surface area contributed by atoms with Crippen LogP contribution in [0.4, 0.5) is 5.69 Å². The lowest BCUT2D eigenvalue weighted by atomic mass is 10.0. The van der Waals surface area contributed by atoms with Crippen LogP contribution in [0.2, 0.25) is 0 Å². The van der Waals surface area contributed by atoms with Crippen LogP contribution in [0.1, 0.15) is 52.6 Å². The highest BCUT2D eigenvalue weighted by Crippen LogP contribution is 2.39. The van der Waals surface area contributed by atoms with E-state index in [1.807, 2.05) is 0 Å². The van der Waals surface area contributed by atoms with Crippen LogP contribution in [0.15, 0.2) is 36.4 Å². The fourth-order valence-electron chi connectivity index (χ4n) is 3.63. The molecule has 10 heteroatoms. The molecule has 4 amide bonds. The van der Waals surface area contributed by atoms with E-state index in [0.717, 1.165) is 4.90 Å². The molecule has 2 aromatic rings. The van der Waals surface area contributed by atoms with Crippen molar-refractivity contribution in [3.63, 3.8) is 0 Å². The summed E-state index contributed by atoms with van der Waals surface area (Å²) < 4.78 is 10.9. The lowest BCUT2D eigenvalue weighted by Crippen LogP contribution is -2.37. The van der Waals surface area contributed by atoms with Crippen molar-refractivity contribution in [3.05, 3.63) is 53.1 Å². The van der Waals surface area contributed by atoms with Gasteiger partial charge in [-0.05, 0) is 36.8 Å². The van der Waals surface area contributed by atoms with Gasteiger partial charge in [0.2, 0.25) is 11.8 Å². The van der Waals surface area contributed by atoms with Crippen molar-refractivity contribution in [1.29, 1.82) is 0 Å². The molecule has 0 aliphatic carbocycles. The van der Waals surface area contributed by atoms with Gasteiger partial charge in [-0.3, -0.25) is 29.3 Å². The highest BCUT2D eigenvalue weighted by atomic mass is 16.5. The van der Waals surface area contributed by atoms with Gasteiger partial charge in [-0.1, -0.05) is 12.1 Å². The number of hydroxylamine groups is 1. The van der Waals surface area contributed by atoms with Gasteiger partial charge in [-0.25, -0.2) is 5.48 Å². The number of carbonyl (C=O) groups is 4. The fraction of sp³-hybridized carbons (Fsp3) is 0.273. The second-order valence-corrected chi connectivity index (χ2v) is 6.99. The molecule has 3 N–H and O–H groups in total. The van der Waals surface area contributed by atoms with Crippen molar-refractivity contribution in [3.8, 4) is 11.5 Å². The third-order valence-electron chi connectivity index (χ3n) is 4.94. The first-order chi connectivity index (χ1) is 15.3. The van der Waals surface area contributed by atoms with Gasteiger partial charge in [-0.2, -0.15) is 0 Å². The molecule has 1 heterocycles. The van der Waals surface area contributed by atoms with Crippen LogP contribution in [0.3, 0.4) is 0 Å². The van der Waals surface area contributed by atoms with Gasteiger partial charge < -0.3 is 14.8 Å². The second kappa shape index (κ2) is 9.48. The summed E-state index contributed by atoms with van der Waals surface area (Å²) in [7, 11) is 1.47. The zero-order chi connectivity index (χ0) is 23.4. The molecular weight excluding hydrogens is 418 g/mol. The number of nitrogens with one attached hydrogen (secondary N) is 2. The molecule has 2 aromatic carbocycles. The summed E-state index contributed by atoms with van der Waals surface area (Å²) in [6, 6.07) is 8.28. The monoisotopic (exact) mass is 441 g/mol. The van der Waals surface area contributed by atoms with Crippen LogP contribution in [0.25, 0.3) is 0 Å². The van der Waals surface area contributed by atoms with E-state index in [1.165, 1.54) is 31.6 Å². The van der Waals surface area contributed by atoms with Crippen molar-refractivity contribution < 1.29 is 33.9 Å². The summed E-state index contributed by atoms with van der Waals surface area (Å²) in [5.74, 6) is -1.67. The molecule has 1 aliphatic heterocycles. The maximum absolute atomic E-state index is 13.3. The maximum atomic E-state index is 13.3. The van der Waals surface area contributed by atoms with E-state index in [4.69, 9.17) is 14.7 Å². The molecule has 3 rings (SSSR count). The number of anilines is 1. The largest absolute Gasteiger partial charge is 0.493 e.